The van der Waals surface area contributed by atoms with Crippen LogP contribution in [0.4, 0.5) is 11.4 Å². The molecule has 0 saturated carbocycles. The average molecular weight is 506 g/mol. The van der Waals surface area contributed by atoms with E-state index in [1.807, 2.05) is 31.2 Å². The lowest BCUT2D eigenvalue weighted by molar-refractivity contribution is 0.102. The summed E-state index contributed by atoms with van der Waals surface area (Å²) in [5.41, 5.74) is 3.11. The normalized spacial score (nSPS) is 11.1. The Kier molecular flexibility index (Phi) is 6.04. The maximum atomic E-state index is 12.7. The summed E-state index contributed by atoms with van der Waals surface area (Å²) in [7, 11) is -3.74. The van der Waals surface area contributed by atoms with E-state index < -0.39 is 10.0 Å². The van der Waals surface area contributed by atoms with Gasteiger partial charge < -0.3 is 5.32 Å². The number of carbonyl (C=O) groups excluding carboxylic acids is 1. The van der Waals surface area contributed by atoms with Gasteiger partial charge in [0.15, 0.2) is 0 Å². The second kappa shape index (κ2) is 8.32. The van der Waals surface area contributed by atoms with E-state index >= 15 is 0 Å². The Morgan fingerprint density at radius 3 is 2.18 bits per heavy atom. The van der Waals surface area contributed by atoms with Crippen LogP contribution in [-0.4, -0.2) is 14.3 Å². The second-order valence-corrected chi connectivity index (χ2v) is 9.34. The van der Waals surface area contributed by atoms with E-state index in [-0.39, 0.29) is 10.8 Å². The number of rotatable bonds is 5. The molecule has 0 atom stereocenters. The lowest BCUT2D eigenvalue weighted by atomic mass is 10.1. The Morgan fingerprint density at radius 2 is 1.54 bits per heavy atom. The van der Waals surface area contributed by atoms with Crippen molar-refractivity contribution in [1.82, 2.24) is 0 Å². The highest BCUT2D eigenvalue weighted by atomic mass is 127. The highest BCUT2D eigenvalue weighted by Gasteiger charge is 2.16. The van der Waals surface area contributed by atoms with Crippen molar-refractivity contribution >= 4 is 49.9 Å². The molecule has 0 aliphatic carbocycles. The molecule has 1 amide bonds. The summed E-state index contributed by atoms with van der Waals surface area (Å²) in [4.78, 5) is 12.7. The van der Waals surface area contributed by atoms with Crippen molar-refractivity contribution in [3.8, 4) is 0 Å². The van der Waals surface area contributed by atoms with Gasteiger partial charge >= 0.3 is 0 Å². The van der Waals surface area contributed by atoms with Crippen molar-refractivity contribution in [3.05, 3.63) is 87.0 Å². The first-order valence-electron chi connectivity index (χ1n) is 8.52. The Bertz CT molecular complexity index is 1110. The third kappa shape index (κ3) is 4.90. The first-order valence-corrected chi connectivity index (χ1v) is 11.1. The fourth-order valence-electron chi connectivity index (χ4n) is 2.53. The van der Waals surface area contributed by atoms with Gasteiger partial charge in [0.25, 0.3) is 15.9 Å². The zero-order valence-corrected chi connectivity index (χ0v) is 18.3. The van der Waals surface area contributed by atoms with Crippen molar-refractivity contribution in [2.45, 2.75) is 18.7 Å². The predicted octanol–water partition coefficient (Wildman–Crippen LogP) is 4.96. The summed E-state index contributed by atoms with van der Waals surface area (Å²) in [5, 5.41) is 2.81. The summed E-state index contributed by atoms with van der Waals surface area (Å²) in [6.45, 7) is 3.68. The summed E-state index contributed by atoms with van der Waals surface area (Å²) < 4.78 is 29.0. The van der Waals surface area contributed by atoms with E-state index in [1.165, 1.54) is 0 Å². The van der Waals surface area contributed by atoms with E-state index in [0.717, 1.165) is 14.7 Å². The molecule has 0 radical (unpaired) electrons. The van der Waals surface area contributed by atoms with E-state index in [0.29, 0.717) is 16.9 Å². The van der Waals surface area contributed by atoms with Gasteiger partial charge in [-0.3, -0.25) is 9.52 Å². The molecule has 3 aromatic carbocycles. The fourth-order valence-corrected chi connectivity index (χ4v) is 4.01. The van der Waals surface area contributed by atoms with Crippen LogP contribution in [0, 0.1) is 17.4 Å². The number of hydrogen-bond acceptors (Lipinski definition) is 3. The molecule has 0 bridgehead atoms. The van der Waals surface area contributed by atoms with Gasteiger partial charge in [-0.15, -0.1) is 0 Å². The largest absolute Gasteiger partial charge is 0.322 e. The highest BCUT2D eigenvalue weighted by molar-refractivity contribution is 14.1. The average Bonchev–Trinajstić information content (AvgIpc) is 2.65. The Hall–Kier alpha value is -2.39. The fraction of sp³-hybridized carbons (Fsp3) is 0.0952. The first kappa shape index (κ1) is 20.3. The molecular weight excluding hydrogens is 487 g/mol. The Balaban J connectivity index is 1.83. The minimum absolute atomic E-state index is 0.172. The van der Waals surface area contributed by atoms with Crippen LogP contribution < -0.4 is 10.0 Å². The van der Waals surface area contributed by atoms with Gasteiger partial charge in [-0.2, -0.15) is 0 Å². The molecule has 3 rings (SSSR count). The lowest BCUT2D eigenvalue weighted by Crippen LogP contribution is -2.16. The number of carbonyl (C=O) groups is 1. The zero-order valence-electron chi connectivity index (χ0n) is 15.4. The number of halogens is 1. The number of hydrogen-bond donors (Lipinski definition) is 2. The van der Waals surface area contributed by atoms with E-state index in [2.05, 4.69) is 32.6 Å². The number of anilines is 2. The lowest BCUT2D eigenvalue weighted by Gasteiger charge is -2.13. The number of aryl methyl sites for hydroxylation is 2. The van der Waals surface area contributed by atoms with Crippen LogP contribution in [0.5, 0.6) is 0 Å². The minimum atomic E-state index is -3.74. The molecule has 5 nitrogen and oxygen atoms in total. The summed E-state index contributed by atoms with van der Waals surface area (Å²) >= 11 is 2.19. The number of sulfonamides is 1. The SMILES string of the molecule is Cc1ccc(S(=O)(=O)Nc2cc(C(=O)Nc3ccc(I)cc3)ccc2C)cc1. The Labute approximate surface area is 178 Å². The van der Waals surface area contributed by atoms with Crippen molar-refractivity contribution in [3.63, 3.8) is 0 Å². The smallest absolute Gasteiger partial charge is 0.261 e. The molecule has 0 aromatic heterocycles. The van der Waals surface area contributed by atoms with Gasteiger partial charge in [0, 0.05) is 14.8 Å². The van der Waals surface area contributed by atoms with Gasteiger partial charge in [-0.05, 0) is 90.5 Å². The number of nitrogens with one attached hydrogen (secondary N) is 2. The predicted molar refractivity (Wildman–Crippen MR) is 120 cm³/mol. The maximum absolute atomic E-state index is 12.7. The van der Waals surface area contributed by atoms with Crippen molar-refractivity contribution in [1.29, 1.82) is 0 Å². The Morgan fingerprint density at radius 1 is 0.893 bits per heavy atom. The standard InChI is InChI=1S/C21H19IN2O3S/c1-14-3-11-19(12-4-14)28(26,27)24-20-13-16(6-5-15(20)2)21(25)23-18-9-7-17(22)8-10-18/h3-13,24H,1-2H3,(H,23,25). The molecule has 0 aliphatic rings. The molecule has 0 saturated heterocycles. The van der Waals surface area contributed by atoms with Gasteiger partial charge in [0.1, 0.15) is 0 Å². The van der Waals surface area contributed by atoms with Crippen molar-refractivity contribution in [2.75, 3.05) is 10.0 Å². The summed E-state index contributed by atoms with van der Waals surface area (Å²) in [6, 6.07) is 18.9. The number of amides is 1. The van der Waals surface area contributed by atoms with E-state index in [1.54, 1.807) is 49.4 Å². The van der Waals surface area contributed by atoms with Crippen LogP contribution in [0.15, 0.2) is 71.6 Å². The van der Waals surface area contributed by atoms with Crippen molar-refractivity contribution in [2.24, 2.45) is 0 Å². The zero-order chi connectivity index (χ0) is 20.3. The van der Waals surface area contributed by atoms with E-state index in [9.17, 15) is 13.2 Å². The van der Waals surface area contributed by atoms with Crippen LogP contribution in [0.1, 0.15) is 21.5 Å². The maximum Gasteiger partial charge on any atom is 0.261 e. The molecule has 28 heavy (non-hydrogen) atoms. The first-order chi connectivity index (χ1) is 13.2. The summed E-state index contributed by atoms with van der Waals surface area (Å²) in [5.74, 6) is -0.308. The van der Waals surface area contributed by atoms with Crippen molar-refractivity contribution < 1.29 is 13.2 Å². The van der Waals surface area contributed by atoms with Gasteiger partial charge in [0.05, 0.1) is 10.6 Å². The molecule has 2 N–H and O–H groups in total. The van der Waals surface area contributed by atoms with Gasteiger partial charge in [0.2, 0.25) is 0 Å². The minimum Gasteiger partial charge on any atom is -0.322 e. The highest BCUT2D eigenvalue weighted by Crippen LogP contribution is 2.22. The second-order valence-electron chi connectivity index (χ2n) is 6.41. The molecule has 7 heteroatoms. The molecule has 0 spiro atoms. The van der Waals surface area contributed by atoms with Crippen LogP contribution in [-0.2, 0) is 10.0 Å². The molecule has 0 unspecified atom stereocenters. The van der Waals surface area contributed by atoms with Crippen LogP contribution in [0.2, 0.25) is 0 Å². The quantitative estimate of drug-likeness (QED) is 0.481. The molecule has 0 aliphatic heterocycles. The third-order valence-corrected chi connectivity index (χ3v) is 6.28. The summed E-state index contributed by atoms with van der Waals surface area (Å²) in [6.07, 6.45) is 0. The number of benzene rings is 3. The van der Waals surface area contributed by atoms with Gasteiger partial charge in [-0.1, -0.05) is 23.8 Å². The topological polar surface area (TPSA) is 75.3 Å². The molecule has 3 aromatic rings. The van der Waals surface area contributed by atoms with Crippen LogP contribution >= 0.6 is 22.6 Å². The molecule has 0 heterocycles. The van der Waals surface area contributed by atoms with E-state index in [4.69, 9.17) is 0 Å². The van der Waals surface area contributed by atoms with Crippen LogP contribution in [0.3, 0.4) is 0 Å². The molecule has 0 fully saturated rings. The van der Waals surface area contributed by atoms with Crippen LogP contribution in [0.25, 0.3) is 0 Å². The van der Waals surface area contributed by atoms with Gasteiger partial charge in [-0.25, -0.2) is 8.42 Å². The molecule has 144 valence electrons. The third-order valence-electron chi connectivity index (χ3n) is 4.18. The molecular formula is C21H19IN2O3S. The monoisotopic (exact) mass is 506 g/mol.